The lowest BCUT2D eigenvalue weighted by molar-refractivity contribution is 0.162. The van der Waals surface area contributed by atoms with Crippen LogP contribution in [-0.2, 0) is 6.42 Å². The molecule has 2 aromatic rings. The van der Waals surface area contributed by atoms with Crippen LogP contribution in [0.2, 0.25) is 0 Å². The van der Waals surface area contributed by atoms with Gasteiger partial charge < -0.3 is 15.1 Å². The van der Waals surface area contributed by atoms with E-state index in [1.807, 2.05) is 35.2 Å². The number of urea groups is 1. The van der Waals surface area contributed by atoms with Crippen LogP contribution in [-0.4, -0.2) is 36.6 Å². The van der Waals surface area contributed by atoms with Crippen LogP contribution in [0.1, 0.15) is 5.56 Å². The van der Waals surface area contributed by atoms with Crippen LogP contribution in [0.3, 0.4) is 0 Å². The summed E-state index contributed by atoms with van der Waals surface area (Å²) in [5, 5.41) is 2.94. The molecule has 0 atom stereocenters. The zero-order chi connectivity index (χ0) is 14.9. The van der Waals surface area contributed by atoms with Crippen molar-refractivity contribution in [3.05, 3.63) is 60.2 Å². The Kier molecular flexibility index (Phi) is 3.22. The van der Waals surface area contributed by atoms with E-state index < -0.39 is 0 Å². The zero-order valence-electron chi connectivity index (χ0n) is 12.4. The van der Waals surface area contributed by atoms with Crippen LogP contribution >= 0.6 is 0 Å². The monoisotopic (exact) mass is 293 g/mol. The normalized spacial score (nSPS) is 17.1. The van der Waals surface area contributed by atoms with E-state index >= 15 is 0 Å². The third-order valence-corrected chi connectivity index (χ3v) is 4.54. The summed E-state index contributed by atoms with van der Waals surface area (Å²) in [6.45, 7) is 2.66. The minimum Gasteiger partial charge on any atom is -0.364 e. The Hall–Kier alpha value is -2.49. The molecule has 0 saturated carbocycles. The lowest BCUT2D eigenvalue weighted by Crippen LogP contribution is -2.61. The molecule has 22 heavy (non-hydrogen) atoms. The fraction of sp³-hybridized carbons (Fsp3) is 0.278. The Labute approximate surface area is 130 Å². The van der Waals surface area contributed by atoms with Crippen LogP contribution < -0.4 is 10.2 Å². The molecule has 2 aliphatic heterocycles. The summed E-state index contributed by atoms with van der Waals surface area (Å²) < 4.78 is 0. The first-order valence-electron chi connectivity index (χ1n) is 7.77. The maximum atomic E-state index is 12.2. The van der Waals surface area contributed by atoms with Gasteiger partial charge in [-0.2, -0.15) is 0 Å². The first-order valence-corrected chi connectivity index (χ1v) is 7.77. The topological polar surface area (TPSA) is 35.6 Å². The molecule has 4 heteroatoms. The standard InChI is InChI=1S/C18H19N3O/c22-18(19-15-7-2-1-3-8-15)20-12-16(13-20)21-11-10-14-6-4-5-9-17(14)21/h1-9,16H,10-13H2,(H,19,22). The highest BCUT2D eigenvalue weighted by Gasteiger charge is 2.37. The fourth-order valence-corrected chi connectivity index (χ4v) is 3.29. The van der Waals surface area contributed by atoms with Crippen LogP contribution in [0.4, 0.5) is 16.2 Å². The number of hydrogen-bond acceptors (Lipinski definition) is 2. The summed E-state index contributed by atoms with van der Waals surface area (Å²) in [6, 6.07) is 18.6. The first-order chi connectivity index (χ1) is 10.8. The summed E-state index contributed by atoms with van der Waals surface area (Å²) in [4.78, 5) is 16.5. The number of likely N-dealkylation sites (tertiary alicyclic amines) is 1. The van der Waals surface area contributed by atoms with Gasteiger partial charge in [-0.1, -0.05) is 36.4 Å². The number of rotatable bonds is 2. The Bertz CT molecular complexity index is 680. The smallest absolute Gasteiger partial charge is 0.321 e. The van der Waals surface area contributed by atoms with Gasteiger partial charge in [0.15, 0.2) is 0 Å². The Balaban J connectivity index is 1.36. The van der Waals surface area contributed by atoms with Crippen LogP contribution in [0.15, 0.2) is 54.6 Å². The molecule has 4 nitrogen and oxygen atoms in total. The number of amides is 2. The van der Waals surface area contributed by atoms with E-state index in [2.05, 4.69) is 34.5 Å². The van der Waals surface area contributed by atoms with Crippen molar-refractivity contribution in [2.24, 2.45) is 0 Å². The summed E-state index contributed by atoms with van der Waals surface area (Å²) in [5.41, 5.74) is 3.62. The van der Waals surface area contributed by atoms with Gasteiger partial charge in [-0.15, -0.1) is 0 Å². The molecule has 0 aliphatic carbocycles. The van der Waals surface area contributed by atoms with Crippen molar-refractivity contribution in [3.8, 4) is 0 Å². The van der Waals surface area contributed by atoms with Crippen molar-refractivity contribution in [2.45, 2.75) is 12.5 Å². The van der Waals surface area contributed by atoms with E-state index in [1.54, 1.807) is 0 Å². The molecule has 112 valence electrons. The number of hydrogen-bond donors (Lipinski definition) is 1. The molecule has 1 saturated heterocycles. The number of nitrogens with zero attached hydrogens (tertiary/aromatic N) is 2. The minimum atomic E-state index is -0.00469. The Morgan fingerprint density at radius 2 is 1.73 bits per heavy atom. The molecule has 2 aliphatic rings. The molecule has 4 rings (SSSR count). The van der Waals surface area contributed by atoms with Gasteiger partial charge in [-0.25, -0.2) is 4.79 Å². The molecule has 0 unspecified atom stereocenters. The van der Waals surface area contributed by atoms with E-state index in [0.717, 1.165) is 31.7 Å². The van der Waals surface area contributed by atoms with Crippen molar-refractivity contribution in [2.75, 3.05) is 29.9 Å². The van der Waals surface area contributed by atoms with Gasteiger partial charge in [0.05, 0.1) is 6.04 Å². The SMILES string of the molecule is O=C(Nc1ccccc1)N1CC(N2CCc3ccccc32)C1. The average molecular weight is 293 g/mol. The van der Waals surface area contributed by atoms with Gasteiger partial charge in [-0.3, -0.25) is 0 Å². The van der Waals surface area contributed by atoms with Gasteiger partial charge in [0.1, 0.15) is 0 Å². The lowest BCUT2D eigenvalue weighted by atomic mass is 10.1. The van der Waals surface area contributed by atoms with Crippen molar-refractivity contribution >= 4 is 17.4 Å². The number of carbonyl (C=O) groups is 1. The quantitative estimate of drug-likeness (QED) is 0.924. The highest BCUT2D eigenvalue weighted by molar-refractivity contribution is 5.90. The number of benzene rings is 2. The van der Waals surface area contributed by atoms with Gasteiger partial charge in [0.2, 0.25) is 0 Å². The minimum absolute atomic E-state index is 0.00469. The Morgan fingerprint density at radius 3 is 2.55 bits per heavy atom. The highest BCUT2D eigenvalue weighted by atomic mass is 16.2. The number of nitrogens with one attached hydrogen (secondary N) is 1. The second-order valence-electron chi connectivity index (χ2n) is 5.93. The highest BCUT2D eigenvalue weighted by Crippen LogP contribution is 2.32. The van der Waals surface area contributed by atoms with Gasteiger partial charge in [0.25, 0.3) is 0 Å². The van der Waals surface area contributed by atoms with Crippen molar-refractivity contribution < 1.29 is 4.79 Å². The van der Waals surface area contributed by atoms with E-state index in [1.165, 1.54) is 11.3 Å². The second-order valence-corrected chi connectivity index (χ2v) is 5.93. The third-order valence-electron chi connectivity index (χ3n) is 4.54. The third kappa shape index (κ3) is 2.30. The molecule has 2 amide bonds. The van der Waals surface area contributed by atoms with Gasteiger partial charge in [0, 0.05) is 31.0 Å². The number of para-hydroxylation sites is 2. The summed E-state index contributed by atoms with van der Waals surface area (Å²) in [5.74, 6) is 0. The molecule has 0 bridgehead atoms. The zero-order valence-corrected chi connectivity index (χ0v) is 12.4. The van der Waals surface area contributed by atoms with Crippen LogP contribution in [0.5, 0.6) is 0 Å². The largest absolute Gasteiger partial charge is 0.364 e. The molecule has 1 N–H and O–H groups in total. The lowest BCUT2D eigenvalue weighted by Gasteiger charge is -2.45. The van der Waals surface area contributed by atoms with E-state index in [9.17, 15) is 4.79 Å². The maximum Gasteiger partial charge on any atom is 0.321 e. The summed E-state index contributed by atoms with van der Waals surface area (Å²) in [7, 11) is 0. The Morgan fingerprint density at radius 1 is 1.00 bits per heavy atom. The molecule has 2 heterocycles. The molecule has 0 aromatic heterocycles. The van der Waals surface area contributed by atoms with Crippen molar-refractivity contribution in [1.82, 2.24) is 4.90 Å². The number of anilines is 2. The predicted molar refractivity (Wildman–Crippen MR) is 88.3 cm³/mol. The summed E-state index contributed by atoms with van der Waals surface area (Å²) in [6.07, 6.45) is 1.11. The number of fused-ring (bicyclic) bond motifs is 1. The number of carbonyl (C=O) groups excluding carboxylic acids is 1. The summed E-state index contributed by atoms with van der Waals surface area (Å²) >= 11 is 0. The van der Waals surface area contributed by atoms with Gasteiger partial charge in [-0.05, 0) is 30.2 Å². The van der Waals surface area contributed by atoms with Crippen molar-refractivity contribution in [1.29, 1.82) is 0 Å². The van der Waals surface area contributed by atoms with Gasteiger partial charge >= 0.3 is 6.03 Å². The maximum absolute atomic E-state index is 12.2. The fourth-order valence-electron chi connectivity index (χ4n) is 3.29. The molecular weight excluding hydrogens is 274 g/mol. The molecule has 0 spiro atoms. The van der Waals surface area contributed by atoms with E-state index in [0.29, 0.717) is 6.04 Å². The van der Waals surface area contributed by atoms with Crippen LogP contribution in [0, 0.1) is 0 Å². The van der Waals surface area contributed by atoms with E-state index in [-0.39, 0.29) is 6.03 Å². The molecule has 0 radical (unpaired) electrons. The van der Waals surface area contributed by atoms with Crippen LogP contribution in [0.25, 0.3) is 0 Å². The molecular formula is C18H19N3O. The first kappa shape index (κ1) is 13.2. The molecule has 2 aromatic carbocycles. The molecule has 1 fully saturated rings. The van der Waals surface area contributed by atoms with Crippen molar-refractivity contribution in [3.63, 3.8) is 0 Å². The predicted octanol–water partition coefficient (Wildman–Crippen LogP) is 2.97. The van der Waals surface area contributed by atoms with E-state index in [4.69, 9.17) is 0 Å². The average Bonchev–Trinajstić information content (AvgIpc) is 2.91. The second kappa shape index (κ2) is 5.37.